The molecule has 3 nitrogen and oxygen atoms in total. The van der Waals surface area contributed by atoms with Gasteiger partial charge in [-0.25, -0.2) is 0 Å². The molecule has 0 aliphatic carbocycles. The number of thiophene rings is 1. The molecule has 0 spiro atoms. The molecule has 0 saturated carbocycles. The van der Waals surface area contributed by atoms with Crippen LogP contribution >= 0.6 is 23.7 Å². The van der Waals surface area contributed by atoms with Gasteiger partial charge in [-0.2, -0.15) is 11.3 Å². The highest BCUT2D eigenvalue weighted by Crippen LogP contribution is 2.13. The minimum Gasteiger partial charge on any atom is -0.481 e. The first kappa shape index (κ1) is 12.3. The van der Waals surface area contributed by atoms with Gasteiger partial charge in [-0.1, -0.05) is 0 Å². The predicted molar refractivity (Wildman–Crippen MR) is 56.9 cm³/mol. The Labute approximate surface area is 87.2 Å². The van der Waals surface area contributed by atoms with Crippen LogP contribution in [0.4, 0.5) is 5.69 Å². The molecule has 0 aromatic carbocycles. The average Bonchev–Trinajstić information content (AvgIpc) is 2.37. The highest BCUT2D eigenvalue weighted by atomic mass is 35.5. The zero-order chi connectivity index (χ0) is 8.97. The summed E-state index contributed by atoms with van der Waals surface area (Å²) in [6.07, 6.45) is 0.149. The number of nitrogens with one attached hydrogen (secondary N) is 1. The van der Waals surface area contributed by atoms with Gasteiger partial charge < -0.3 is 10.4 Å². The Morgan fingerprint density at radius 3 is 2.92 bits per heavy atom. The standard InChI is InChI=1S/C8H11NO2S.ClH/c1-6(4-8(10)11)9-7-2-3-12-5-7;/h2-3,5-6,9H,4H2,1H3,(H,10,11);1H/t6-;/m1./s1. The number of anilines is 1. The highest BCUT2D eigenvalue weighted by Gasteiger charge is 2.06. The van der Waals surface area contributed by atoms with Crippen molar-refractivity contribution in [2.24, 2.45) is 0 Å². The number of carboxylic acids is 1. The lowest BCUT2D eigenvalue weighted by molar-refractivity contribution is -0.137. The molecule has 0 amide bonds. The van der Waals surface area contributed by atoms with Crippen LogP contribution in [0, 0.1) is 0 Å². The average molecular weight is 222 g/mol. The smallest absolute Gasteiger partial charge is 0.305 e. The Hall–Kier alpha value is -0.740. The van der Waals surface area contributed by atoms with Crippen molar-refractivity contribution in [3.05, 3.63) is 16.8 Å². The van der Waals surface area contributed by atoms with Crippen LogP contribution in [0.2, 0.25) is 0 Å². The fraction of sp³-hybridized carbons (Fsp3) is 0.375. The van der Waals surface area contributed by atoms with Gasteiger partial charge in [0.2, 0.25) is 0 Å². The summed E-state index contributed by atoms with van der Waals surface area (Å²) in [6, 6.07) is 1.92. The summed E-state index contributed by atoms with van der Waals surface area (Å²) in [7, 11) is 0. The second-order valence-electron chi connectivity index (χ2n) is 2.66. The van der Waals surface area contributed by atoms with Crippen LogP contribution in [-0.4, -0.2) is 17.1 Å². The van der Waals surface area contributed by atoms with E-state index in [4.69, 9.17) is 5.11 Å². The molecular weight excluding hydrogens is 210 g/mol. The van der Waals surface area contributed by atoms with Crippen molar-refractivity contribution in [3.63, 3.8) is 0 Å². The highest BCUT2D eigenvalue weighted by molar-refractivity contribution is 7.08. The molecule has 0 aliphatic rings. The van der Waals surface area contributed by atoms with Crippen molar-refractivity contribution >= 4 is 35.4 Å². The van der Waals surface area contributed by atoms with Crippen LogP contribution in [0.25, 0.3) is 0 Å². The van der Waals surface area contributed by atoms with Crippen LogP contribution < -0.4 is 5.32 Å². The second-order valence-corrected chi connectivity index (χ2v) is 3.44. The minimum atomic E-state index is -0.773. The molecule has 2 N–H and O–H groups in total. The van der Waals surface area contributed by atoms with Gasteiger partial charge in [0.05, 0.1) is 6.42 Å². The van der Waals surface area contributed by atoms with E-state index < -0.39 is 5.97 Å². The number of carboxylic acid groups (broad SMARTS) is 1. The molecule has 1 atom stereocenters. The Kier molecular flexibility index (Phi) is 5.50. The second kappa shape index (κ2) is 5.83. The van der Waals surface area contributed by atoms with Gasteiger partial charge in [0.25, 0.3) is 0 Å². The molecule has 5 heteroatoms. The van der Waals surface area contributed by atoms with E-state index >= 15 is 0 Å². The van der Waals surface area contributed by atoms with Crippen LogP contribution in [0.3, 0.4) is 0 Å². The zero-order valence-electron chi connectivity index (χ0n) is 7.19. The van der Waals surface area contributed by atoms with Gasteiger partial charge in [0.1, 0.15) is 0 Å². The molecule has 1 aromatic heterocycles. The van der Waals surface area contributed by atoms with Crippen LogP contribution in [-0.2, 0) is 4.79 Å². The summed E-state index contributed by atoms with van der Waals surface area (Å²) in [4.78, 5) is 10.3. The molecule has 74 valence electrons. The molecule has 0 unspecified atom stereocenters. The first-order chi connectivity index (χ1) is 5.68. The van der Waals surface area contributed by atoms with Gasteiger partial charge in [0, 0.05) is 17.1 Å². The lowest BCUT2D eigenvalue weighted by Gasteiger charge is -2.10. The normalized spacial score (nSPS) is 11.5. The van der Waals surface area contributed by atoms with Gasteiger partial charge in [-0.3, -0.25) is 4.79 Å². The summed E-state index contributed by atoms with van der Waals surface area (Å²) in [5, 5.41) is 15.5. The van der Waals surface area contributed by atoms with Crippen LogP contribution in [0.1, 0.15) is 13.3 Å². The van der Waals surface area contributed by atoms with E-state index in [1.807, 2.05) is 23.8 Å². The largest absolute Gasteiger partial charge is 0.481 e. The third kappa shape index (κ3) is 4.75. The predicted octanol–water partition coefficient (Wildman–Crippen LogP) is 2.45. The van der Waals surface area contributed by atoms with E-state index in [0.717, 1.165) is 5.69 Å². The zero-order valence-corrected chi connectivity index (χ0v) is 8.82. The maximum Gasteiger partial charge on any atom is 0.305 e. The number of rotatable bonds is 4. The Balaban J connectivity index is 0.00000144. The van der Waals surface area contributed by atoms with Crippen molar-refractivity contribution in [2.45, 2.75) is 19.4 Å². The Morgan fingerprint density at radius 1 is 1.77 bits per heavy atom. The maximum absolute atomic E-state index is 10.3. The molecule has 0 bridgehead atoms. The van der Waals surface area contributed by atoms with E-state index in [1.54, 1.807) is 11.3 Å². The van der Waals surface area contributed by atoms with E-state index in [1.165, 1.54) is 0 Å². The summed E-state index contributed by atoms with van der Waals surface area (Å²) in [5.41, 5.74) is 0.994. The molecule has 0 aliphatic heterocycles. The number of halogens is 1. The van der Waals surface area contributed by atoms with Crippen LogP contribution in [0.15, 0.2) is 16.8 Å². The van der Waals surface area contributed by atoms with Crippen molar-refractivity contribution in [2.75, 3.05) is 5.32 Å². The summed E-state index contributed by atoms with van der Waals surface area (Å²) in [6.45, 7) is 1.85. The van der Waals surface area contributed by atoms with Gasteiger partial charge in [0.15, 0.2) is 0 Å². The van der Waals surface area contributed by atoms with Crippen molar-refractivity contribution in [1.29, 1.82) is 0 Å². The molecule has 13 heavy (non-hydrogen) atoms. The monoisotopic (exact) mass is 221 g/mol. The molecule has 0 saturated heterocycles. The first-order valence-corrected chi connectivity index (χ1v) is 4.63. The summed E-state index contributed by atoms with van der Waals surface area (Å²) >= 11 is 1.59. The van der Waals surface area contributed by atoms with E-state index in [2.05, 4.69) is 5.32 Å². The van der Waals surface area contributed by atoms with Crippen molar-refractivity contribution < 1.29 is 9.90 Å². The third-order valence-electron chi connectivity index (χ3n) is 1.42. The molecule has 0 fully saturated rings. The maximum atomic E-state index is 10.3. The molecular formula is C8H12ClNO2S. The number of carbonyl (C=O) groups is 1. The quantitative estimate of drug-likeness (QED) is 0.821. The Morgan fingerprint density at radius 2 is 2.46 bits per heavy atom. The van der Waals surface area contributed by atoms with Gasteiger partial charge >= 0.3 is 5.97 Å². The molecule has 0 radical (unpaired) electrons. The van der Waals surface area contributed by atoms with Gasteiger partial charge in [-0.15, -0.1) is 12.4 Å². The SMILES string of the molecule is C[C@H](CC(=O)O)Nc1ccsc1.Cl. The van der Waals surface area contributed by atoms with E-state index in [0.29, 0.717) is 0 Å². The number of aliphatic carboxylic acids is 1. The summed E-state index contributed by atoms with van der Waals surface area (Å²) in [5.74, 6) is -0.773. The van der Waals surface area contributed by atoms with Crippen LogP contribution in [0.5, 0.6) is 0 Å². The lowest BCUT2D eigenvalue weighted by atomic mass is 10.2. The van der Waals surface area contributed by atoms with Crippen molar-refractivity contribution in [3.8, 4) is 0 Å². The van der Waals surface area contributed by atoms with Crippen molar-refractivity contribution in [1.82, 2.24) is 0 Å². The van der Waals surface area contributed by atoms with E-state index in [9.17, 15) is 4.79 Å². The third-order valence-corrected chi connectivity index (χ3v) is 2.10. The fourth-order valence-corrected chi connectivity index (χ4v) is 1.54. The van der Waals surface area contributed by atoms with Gasteiger partial charge in [-0.05, 0) is 18.4 Å². The topological polar surface area (TPSA) is 49.3 Å². The number of hydrogen-bond donors (Lipinski definition) is 2. The minimum absolute atomic E-state index is 0. The Bertz CT molecular complexity index is 251. The molecule has 1 rings (SSSR count). The fourth-order valence-electron chi connectivity index (χ4n) is 0.944. The first-order valence-electron chi connectivity index (χ1n) is 3.69. The molecule has 1 heterocycles. The number of hydrogen-bond acceptors (Lipinski definition) is 3. The van der Waals surface area contributed by atoms with E-state index in [-0.39, 0.29) is 24.9 Å². The summed E-state index contributed by atoms with van der Waals surface area (Å²) < 4.78 is 0. The lowest BCUT2D eigenvalue weighted by Crippen LogP contribution is -2.18. The molecule has 1 aromatic rings.